The molecule has 24 heavy (non-hydrogen) atoms. The van der Waals surface area contributed by atoms with Gasteiger partial charge in [0, 0.05) is 12.6 Å². The minimum atomic E-state index is -0.566. The molecule has 0 radical (unpaired) electrons. The molecule has 2 atom stereocenters. The summed E-state index contributed by atoms with van der Waals surface area (Å²) in [4.78, 5) is 0. The van der Waals surface area contributed by atoms with E-state index in [0.717, 1.165) is 12.8 Å². The smallest absolute Gasteiger partial charge is 0.161 e. The molecule has 0 bridgehead atoms. The van der Waals surface area contributed by atoms with Crippen LogP contribution in [0.3, 0.4) is 0 Å². The monoisotopic (exact) mass is 327 g/mol. The number of rotatable bonds is 7. The molecule has 0 amide bonds. The summed E-state index contributed by atoms with van der Waals surface area (Å²) in [5, 5.41) is 13.7. The molecule has 4 heteroatoms. The van der Waals surface area contributed by atoms with Crippen molar-refractivity contribution in [1.82, 2.24) is 5.32 Å². The minimum absolute atomic E-state index is 0.238. The lowest BCUT2D eigenvalue weighted by molar-refractivity contribution is 0.101. The fraction of sp³-hybridized carbons (Fsp3) is 0.400. The second-order valence-corrected chi connectivity index (χ2v) is 6.17. The van der Waals surface area contributed by atoms with Gasteiger partial charge in [0.05, 0.1) is 7.11 Å². The molecular formula is C20H25NO3. The molecule has 3 rings (SSSR count). The molecule has 0 saturated carbocycles. The van der Waals surface area contributed by atoms with E-state index < -0.39 is 6.10 Å². The van der Waals surface area contributed by atoms with Crippen LogP contribution in [0.15, 0.2) is 48.5 Å². The van der Waals surface area contributed by atoms with E-state index in [-0.39, 0.29) is 6.61 Å². The lowest BCUT2D eigenvalue weighted by atomic mass is 9.88. The number of aliphatic hydroxyl groups is 1. The molecule has 0 spiro atoms. The summed E-state index contributed by atoms with van der Waals surface area (Å²) >= 11 is 0. The van der Waals surface area contributed by atoms with Crippen molar-refractivity contribution in [2.75, 3.05) is 20.3 Å². The highest BCUT2D eigenvalue weighted by Crippen LogP contribution is 2.29. The van der Waals surface area contributed by atoms with E-state index >= 15 is 0 Å². The third kappa shape index (κ3) is 4.08. The number of para-hydroxylation sites is 2. The van der Waals surface area contributed by atoms with Crippen molar-refractivity contribution < 1.29 is 14.6 Å². The summed E-state index contributed by atoms with van der Waals surface area (Å²) in [6, 6.07) is 16.3. The van der Waals surface area contributed by atoms with Crippen LogP contribution in [0.25, 0.3) is 0 Å². The number of ether oxygens (including phenoxy) is 2. The zero-order valence-corrected chi connectivity index (χ0v) is 14.1. The first-order chi connectivity index (χ1) is 11.8. The number of hydrogen-bond acceptors (Lipinski definition) is 4. The fourth-order valence-electron chi connectivity index (χ4n) is 3.23. The van der Waals surface area contributed by atoms with Gasteiger partial charge < -0.3 is 19.9 Å². The van der Waals surface area contributed by atoms with Crippen LogP contribution in [0.1, 0.15) is 30.0 Å². The lowest BCUT2D eigenvalue weighted by Crippen LogP contribution is -2.35. The van der Waals surface area contributed by atoms with E-state index in [1.54, 1.807) is 7.11 Å². The molecule has 0 heterocycles. The van der Waals surface area contributed by atoms with Gasteiger partial charge in [-0.15, -0.1) is 0 Å². The van der Waals surface area contributed by atoms with Gasteiger partial charge in [0.25, 0.3) is 0 Å². The van der Waals surface area contributed by atoms with E-state index in [4.69, 9.17) is 9.47 Å². The van der Waals surface area contributed by atoms with E-state index in [0.29, 0.717) is 24.1 Å². The predicted octanol–water partition coefficient (Wildman–Crippen LogP) is 3.10. The Balaban J connectivity index is 1.50. The number of aliphatic hydroxyl groups excluding tert-OH is 1. The fourth-order valence-corrected chi connectivity index (χ4v) is 3.23. The molecular weight excluding hydrogens is 302 g/mol. The maximum absolute atomic E-state index is 10.2. The third-order valence-corrected chi connectivity index (χ3v) is 4.47. The second-order valence-electron chi connectivity index (χ2n) is 6.17. The van der Waals surface area contributed by atoms with Crippen LogP contribution >= 0.6 is 0 Å². The third-order valence-electron chi connectivity index (χ3n) is 4.47. The number of nitrogens with one attached hydrogen (secondary N) is 1. The predicted molar refractivity (Wildman–Crippen MR) is 94.6 cm³/mol. The van der Waals surface area contributed by atoms with Crippen LogP contribution in [-0.2, 0) is 6.42 Å². The van der Waals surface area contributed by atoms with Crippen LogP contribution in [0.4, 0.5) is 0 Å². The summed E-state index contributed by atoms with van der Waals surface area (Å²) in [6.07, 6.45) is 2.87. The van der Waals surface area contributed by atoms with E-state index in [1.165, 1.54) is 17.5 Å². The zero-order chi connectivity index (χ0) is 16.8. The Morgan fingerprint density at radius 3 is 2.71 bits per heavy atom. The van der Waals surface area contributed by atoms with Crippen molar-refractivity contribution in [2.45, 2.75) is 31.4 Å². The molecule has 1 aliphatic carbocycles. The zero-order valence-electron chi connectivity index (χ0n) is 14.1. The lowest BCUT2D eigenvalue weighted by Gasteiger charge is -2.27. The first-order valence-electron chi connectivity index (χ1n) is 8.53. The molecule has 0 aliphatic heterocycles. The summed E-state index contributed by atoms with van der Waals surface area (Å²) in [7, 11) is 1.61. The van der Waals surface area contributed by atoms with Crippen LogP contribution in [0, 0.1) is 0 Å². The van der Waals surface area contributed by atoms with Crippen molar-refractivity contribution in [1.29, 1.82) is 0 Å². The number of aryl methyl sites for hydroxylation is 1. The largest absolute Gasteiger partial charge is 0.493 e. The number of benzene rings is 2. The summed E-state index contributed by atoms with van der Waals surface area (Å²) in [5.41, 5.74) is 2.78. The molecule has 2 unspecified atom stereocenters. The number of methoxy groups -OCH3 is 1. The SMILES string of the molecule is COc1ccccc1OCC(O)CNC1CCCc2ccccc21. The maximum Gasteiger partial charge on any atom is 0.161 e. The highest BCUT2D eigenvalue weighted by Gasteiger charge is 2.20. The molecule has 2 aromatic rings. The summed E-state index contributed by atoms with van der Waals surface area (Å²) in [6.45, 7) is 0.746. The van der Waals surface area contributed by atoms with E-state index in [2.05, 4.69) is 29.6 Å². The van der Waals surface area contributed by atoms with E-state index in [9.17, 15) is 5.11 Å². The highest BCUT2D eigenvalue weighted by atomic mass is 16.5. The topological polar surface area (TPSA) is 50.7 Å². The number of fused-ring (bicyclic) bond motifs is 1. The molecule has 128 valence electrons. The molecule has 2 aromatic carbocycles. The average Bonchev–Trinajstić information content (AvgIpc) is 2.64. The maximum atomic E-state index is 10.2. The highest BCUT2D eigenvalue weighted by molar-refractivity contribution is 5.39. The van der Waals surface area contributed by atoms with E-state index in [1.807, 2.05) is 24.3 Å². The molecule has 0 saturated heterocycles. The van der Waals surface area contributed by atoms with Crippen LogP contribution in [0.5, 0.6) is 11.5 Å². The molecule has 0 fully saturated rings. The van der Waals surface area contributed by atoms with Crippen molar-refractivity contribution in [3.63, 3.8) is 0 Å². The van der Waals surface area contributed by atoms with Gasteiger partial charge in [-0.3, -0.25) is 0 Å². The van der Waals surface area contributed by atoms with Gasteiger partial charge >= 0.3 is 0 Å². The van der Waals surface area contributed by atoms with Gasteiger partial charge in [-0.25, -0.2) is 0 Å². The van der Waals surface area contributed by atoms with Crippen molar-refractivity contribution in [3.8, 4) is 11.5 Å². The second kappa shape index (κ2) is 8.18. The Bertz CT molecular complexity index is 659. The van der Waals surface area contributed by atoms with Crippen LogP contribution in [-0.4, -0.2) is 31.5 Å². The van der Waals surface area contributed by atoms with Gasteiger partial charge in [0.1, 0.15) is 12.7 Å². The standard InChI is InChI=1S/C20H25NO3/c1-23-19-11-4-5-12-20(19)24-14-16(22)13-21-18-10-6-8-15-7-2-3-9-17(15)18/h2-5,7,9,11-12,16,18,21-22H,6,8,10,13-14H2,1H3. The molecule has 4 nitrogen and oxygen atoms in total. The van der Waals surface area contributed by atoms with Gasteiger partial charge in [-0.05, 0) is 42.5 Å². The minimum Gasteiger partial charge on any atom is -0.493 e. The van der Waals surface area contributed by atoms with Crippen molar-refractivity contribution in [3.05, 3.63) is 59.7 Å². The first kappa shape index (κ1) is 16.8. The van der Waals surface area contributed by atoms with Gasteiger partial charge in [0.2, 0.25) is 0 Å². The Morgan fingerprint density at radius 2 is 1.88 bits per heavy atom. The van der Waals surface area contributed by atoms with Gasteiger partial charge in [0.15, 0.2) is 11.5 Å². The molecule has 0 aromatic heterocycles. The average molecular weight is 327 g/mol. The van der Waals surface area contributed by atoms with Crippen LogP contribution in [0.2, 0.25) is 0 Å². The Labute approximate surface area is 143 Å². The Kier molecular flexibility index (Phi) is 5.72. The Hall–Kier alpha value is -2.04. The Morgan fingerprint density at radius 1 is 1.12 bits per heavy atom. The normalized spacial score (nSPS) is 17.8. The van der Waals surface area contributed by atoms with Crippen molar-refractivity contribution in [2.24, 2.45) is 0 Å². The van der Waals surface area contributed by atoms with Crippen molar-refractivity contribution >= 4 is 0 Å². The molecule has 2 N–H and O–H groups in total. The van der Waals surface area contributed by atoms with Gasteiger partial charge in [-0.1, -0.05) is 36.4 Å². The first-order valence-corrected chi connectivity index (χ1v) is 8.53. The summed E-state index contributed by atoms with van der Waals surface area (Å²) < 4.78 is 10.9. The van der Waals surface area contributed by atoms with Gasteiger partial charge in [-0.2, -0.15) is 0 Å². The molecule has 1 aliphatic rings. The quantitative estimate of drug-likeness (QED) is 0.820. The van der Waals surface area contributed by atoms with Crippen LogP contribution < -0.4 is 14.8 Å². The summed E-state index contributed by atoms with van der Waals surface area (Å²) in [5.74, 6) is 1.33. The number of hydrogen-bond donors (Lipinski definition) is 2.